The van der Waals surface area contributed by atoms with Gasteiger partial charge in [-0.05, 0) is 44.0 Å². The first-order chi connectivity index (χ1) is 12.7. The molecule has 0 aromatic heterocycles. The van der Waals surface area contributed by atoms with Crippen molar-refractivity contribution in [2.45, 2.75) is 25.8 Å². The Bertz CT molecular complexity index is 597. The van der Waals surface area contributed by atoms with Crippen molar-refractivity contribution in [2.75, 3.05) is 50.7 Å². The van der Waals surface area contributed by atoms with Gasteiger partial charge in [-0.2, -0.15) is 0 Å². The van der Waals surface area contributed by atoms with Gasteiger partial charge in [0.2, 0.25) is 0 Å². The summed E-state index contributed by atoms with van der Waals surface area (Å²) in [5.74, 6) is 0.745. The topological polar surface area (TPSA) is 42.9 Å². The van der Waals surface area contributed by atoms with Gasteiger partial charge in [-0.1, -0.05) is 12.2 Å². The maximum atomic E-state index is 13.1. The lowest BCUT2D eigenvalue weighted by molar-refractivity contribution is 0.265. The summed E-state index contributed by atoms with van der Waals surface area (Å²) in [6.07, 6.45) is 6.61. The number of piperazine rings is 1. The molecular weight excluding hydrogens is 329 g/mol. The third kappa shape index (κ3) is 5.46. The quantitative estimate of drug-likeness (QED) is 0.464. The Labute approximate surface area is 156 Å². The third-order valence-corrected chi connectivity index (χ3v) is 4.94. The molecule has 0 saturated carbocycles. The number of nitrogens with zero attached hydrogens (tertiary/aromatic N) is 3. The van der Waals surface area contributed by atoms with E-state index < -0.39 is 0 Å². The second-order valence-electron chi connectivity index (χ2n) is 6.85. The molecule has 1 saturated heterocycles. The molecule has 0 bridgehead atoms. The summed E-state index contributed by atoms with van der Waals surface area (Å²) >= 11 is 0. The predicted octanol–water partition coefficient (Wildman–Crippen LogP) is 2.22. The maximum absolute atomic E-state index is 13.1. The van der Waals surface area contributed by atoms with E-state index in [-0.39, 0.29) is 5.82 Å². The molecule has 0 amide bonds. The third-order valence-electron chi connectivity index (χ3n) is 4.94. The lowest BCUT2D eigenvalue weighted by Gasteiger charge is -2.35. The van der Waals surface area contributed by atoms with Crippen LogP contribution in [0, 0.1) is 5.82 Å². The van der Waals surface area contributed by atoms with Crippen LogP contribution in [0.25, 0.3) is 0 Å². The summed E-state index contributed by atoms with van der Waals surface area (Å²) in [7, 11) is 0. The standard InChI is InChI=1S/C20H30FN5/c1-2-22-20(24-18-5-3-4-6-18)23-11-12-25-13-15-26(16-14-25)19-9-7-17(21)8-10-19/h3-4,7-10,18H,2,5-6,11-16H2,1H3,(H2,22,23,24). The summed E-state index contributed by atoms with van der Waals surface area (Å²) in [4.78, 5) is 9.49. The summed E-state index contributed by atoms with van der Waals surface area (Å²) in [6.45, 7) is 8.72. The molecule has 26 heavy (non-hydrogen) atoms. The number of guanidine groups is 1. The average molecular weight is 359 g/mol. The van der Waals surface area contributed by atoms with Gasteiger partial charge in [0.25, 0.3) is 0 Å². The highest BCUT2D eigenvalue weighted by atomic mass is 19.1. The predicted molar refractivity (Wildman–Crippen MR) is 106 cm³/mol. The molecule has 0 radical (unpaired) electrons. The lowest BCUT2D eigenvalue weighted by atomic mass is 10.2. The van der Waals surface area contributed by atoms with Gasteiger partial charge in [-0.15, -0.1) is 0 Å². The average Bonchev–Trinajstić information content (AvgIpc) is 3.16. The van der Waals surface area contributed by atoms with Gasteiger partial charge in [-0.25, -0.2) is 4.39 Å². The number of nitrogens with one attached hydrogen (secondary N) is 2. The van der Waals surface area contributed by atoms with Gasteiger partial charge >= 0.3 is 0 Å². The molecule has 1 heterocycles. The molecule has 0 atom stereocenters. The molecule has 2 aliphatic rings. The van der Waals surface area contributed by atoms with E-state index in [0.717, 1.165) is 70.3 Å². The Morgan fingerprint density at radius 2 is 1.81 bits per heavy atom. The van der Waals surface area contributed by atoms with Crippen LogP contribution < -0.4 is 15.5 Å². The van der Waals surface area contributed by atoms with Crippen LogP contribution in [0.5, 0.6) is 0 Å². The van der Waals surface area contributed by atoms with Gasteiger partial charge < -0.3 is 15.5 Å². The molecular formula is C20H30FN5. The van der Waals surface area contributed by atoms with E-state index in [9.17, 15) is 4.39 Å². The van der Waals surface area contributed by atoms with Crippen LogP contribution in [0.15, 0.2) is 41.4 Å². The fourth-order valence-corrected chi connectivity index (χ4v) is 3.43. The van der Waals surface area contributed by atoms with E-state index >= 15 is 0 Å². The van der Waals surface area contributed by atoms with Crippen molar-refractivity contribution in [1.82, 2.24) is 15.5 Å². The number of hydrogen-bond acceptors (Lipinski definition) is 3. The van der Waals surface area contributed by atoms with Crippen LogP contribution in [0.1, 0.15) is 19.8 Å². The fraction of sp³-hybridized carbons (Fsp3) is 0.550. The van der Waals surface area contributed by atoms with Crippen molar-refractivity contribution in [3.63, 3.8) is 0 Å². The first kappa shape index (κ1) is 18.7. The van der Waals surface area contributed by atoms with Crippen LogP contribution in [0.4, 0.5) is 10.1 Å². The van der Waals surface area contributed by atoms with Gasteiger partial charge in [-0.3, -0.25) is 9.89 Å². The molecule has 2 N–H and O–H groups in total. The number of benzene rings is 1. The molecule has 1 aliphatic heterocycles. The Morgan fingerprint density at radius 1 is 1.12 bits per heavy atom. The summed E-state index contributed by atoms with van der Waals surface area (Å²) in [5, 5.41) is 6.84. The molecule has 0 unspecified atom stereocenters. The van der Waals surface area contributed by atoms with Crippen molar-refractivity contribution in [3.8, 4) is 0 Å². The Morgan fingerprint density at radius 3 is 2.46 bits per heavy atom. The van der Waals surface area contributed by atoms with Gasteiger partial charge in [0.15, 0.2) is 5.96 Å². The van der Waals surface area contributed by atoms with Gasteiger partial charge in [0.05, 0.1) is 6.54 Å². The molecule has 1 aromatic carbocycles. The van der Waals surface area contributed by atoms with Crippen molar-refractivity contribution < 1.29 is 4.39 Å². The minimum absolute atomic E-state index is 0.177. The van der Waals surface area contributed by atoms with E-state index in [1.165, 1.54) is 12.1 Å². The first-order valence-electron chi connectivity index (χ1n) is 9.67. The highest BCUT2D eigenvalue weighted by Crippen LogP contribution is 2.16. The Balaban J connectivity index is 1.41. The highest BCUT2D eigenvalue weighted by molar-refractivity contribution is 5.80. The first-order valence-corrected chi connectivity index (χ1v) is 9.67. The number of rotatable bonds is 6. The van der Waals surface area contributed by atoms with Crippen molar-refractivity contribution in [2.24, 2.45) is 4.99 Å². The fourth-order valence-electron chi connectivity index (χ4n) is 3.43. The van der Waals surface area contributed by atoms with Crippen LogP contribution in [0.2, 0.25) is 0 Å². The molecule has 5 nitrogen and oxygen atoms in total. The van der Waals surface area contributed by atoms with E-state index in [1.54, 1.807) is 0 Å². The monoisotopic (exact) mass is 359 g/mol. The second-order valence-corrected chi connectivity index (χ2v) is 6.85. The lowest BCUT2D eigenvalue weighted by Crippen LogP contribution is -2.47. The zero-order chi connectivity index (χ0) is 18.2. The minimum atomic E-state index is -0.177. The van der Waals surface area contributed by atoms with Crippen LogP contribution in [-0.2, 0) is 0 Å². The van der Waals surface area contributed by atoms with Crippen molar-refractivity contribution in [1.29, 1.82) is 0 Å². The molecule has 1 fully saturated rings. The molecule has 142 valence electrons. The van der Waals surface area contributed by atoms with Crippen molar-refractivity contribution in [3.05, 3.63) is 42.2 Å². The minimum Gasteiger partial charge on any atom is -0.369 e. The SMILES string of the molecule is CCNC(=NCCN1CCN(c2ccc(F)cc2)CC1)NC1CC=CC1. The number of aliphatic imine (C=N–C) groups is 1. The zero-order valence-electron chi connectivity index (χ0n) is 15.6. The van der Waals surface area contributed by atoms with Gasteiger partial charge in [0.1, 0.15) is 5.82 Å². The highest BCUT2D eigenvalue weighted by Gasteiger charge is 2.17. The number of halogens is 1. The number of hydrogen-bond donors (Lipinski definition) is 2. The van der Waals surface area contributed by atoms with E-state index in [1.807, 2.05) is 12.1 Å². The van der Waals surface area contributed by atoms with Crippen LogP contribution >= 0.6 is 0 Å². The normalized spacial score (nSPS) is 19.2. The van der Waals surface area contributed by atoms with E-state index in [0.29, 0.717) is 6.04 Å². The Hall–Kier alpha value is -2.08. The van der Waals surface area contributed by atoms with Crippen molar-refractivity contribution >= 4 is 11.6 Å². The largest absolute Gasteiger partial charge is 0.369 e. The summed E-state index contributed by atoms with van der Waals surface area (Å²) in [5.41, 5.74) is 1.10. The molecule has 0 spiro atoms. The smallest absolute Gasteiger partial charge is 0.191 e. The second kappa shape index (κ2) is 9.57. The zero-order valence-corrected chi connectivity index (χ0v) is 15.6. The Kier molecular flexibility index (Phi) is 6.89. The molecule has 3 rings (SSSR count). The van der Waals surface area contributed by atoms with Gasteiger partial charge in [0, 0.05) is 51.0 Å². The van der Waals surface area contributed by atoms with Crippen LogP contribution in [0.3, 0.4) is 0 Å². The number of anilines is 1. The molecule has 1 aliphatic carbocycles. The maximum Gasteiger partial charge on any atom is 0.191 e. The molecule has 6 heteroatoms. The summed E-state index contributed by atoms with van der Waals surface area (Å²) in [6, 6.07) is 7.27. The van der Waals surface area contributed by atoms with E-state index in [4.69, 9.17) is 4.99 Å². The van der Waals surface area contributed by atoms with Crippen LogP contribution in [-0.4, -0.2) is 62.7 Å². The van der Waals surface area contributed by atoms with E-state index in [2.05, 4.69) is 39.5 Å². The molecule has 1 aromatic rings. The summed E-state index contributed by atoms with van der Waals surface area (Å²) < 4.78 is 13.1.